The van der Waals surface area contributed by atoms with Crippen molar-refractivity contribution in [1.82, 2.24) is 9.55 Å². The predicted molar refractivity (Wildman–Crippen MR) is 135 cm³/mol. The van der Waals surface area contributed by atoms with E-state index < -0.39 is 0 Å². The van der Waals surface area contributed by atoms with Gasteiger partial charge >= 0.3 is 0 Å². The summed E-state index contributed by atoms with van der Waals surface area (Å²) in [6.07, 6.45) is 2.52. The summed E-state index contributed by atoms with van der Waals surface area (Å²) >= 11 is 2.79. The number of aromatic nitrogens is 2. The Hall–Kier alpha value is -3.16. The van der Waals surface area contributed by atoms with Crippen LogP contribution in [0.15, 0.2) is 83.3 Å². The molecule has 2 aromatic carbocycles. The maximum atomic E-state index is 13.0. The molecule has 0 saturated carbocycles. The average molecular weight is 462 g/mol. The Morgan fingerprint density at radius 2 is 1.94 bits per heavy atom. The van der Waals surface area contributed by atoms with E-state index in [-0.39, 0.29) is 17.2 Å². The Bertz CT molecular complexity index is 1330. The zero-order valence-corrected chi connectivity index (χ0v) is 19.3. The van der Waals surface area contributed by atoms with Crippen LogP contribution in [0.4, 0.5) is 5.69 Å². The van der Waals surface area contributed by atoms with Crippen molar-refractivity contribution in [3.63, 3.8) is 0 Å². The van der Waals surface area contributed by atoms with Gasteiger partial charge < -0.3 is 5.32 Å². The van der Waals surface area contributed by atoms with E-state index >= 15 is 0 Å². The molecule has 0 unspecified atom stereocenters. The van der Waals surface area contributed by atoms with Crippen molar-refractivity contribution in [3.8, 4) is 11.1 Å². The molecule has 0 aliphatic carbocycles. The summed E-state index contributed by atoms with van der Waals surface area (Å²) in [5.41, 5.74) is 2.65. The highest BCUT2D eigenvalue weighted by atomic mass is 32.2. The lowest BCUT2D eigenvalue weighted by Gasteiger charge is -2.12. The van der Waals surface area contributed by atoms with Crippen molar-refractivity contribution in [3.05, 3.63) is 88.5 Å². The molecule has 32 heavy (non-hydrogen) atoms. The number of thioether (sulfide) groups is 1. The van der Waals surface area contributed by atoms with Gasteiger partial charge in [-0.3, -0.25) is 14.2 Å². The number of anilines is 1. The minimum absolute atomic E-state index is 0.0943. The van der Waals surface area contributed by atoms with Crippen LogP contribution >= 0.6 is 23.1 Å². The average Bonchev–Trinajstić information content (AvgIpc) is 3.24. The lowest BCUT2D eigenvalue weighted by Crippen LogP contribution is -2.23. The topological polar surface area (TPSA) is 64.0 Å². The minimum atomic E-state index is -0.154. The van der Waals surface area contributed by atoms with E-state index in [2.05, 4.69) is 23.8 Å². The van der Waals surface area contributed by atoms with Gasteiger partial charge in [0, 0.05) is 22.7 Å². The Morgan fingerprint density at radius 1 is 1.19 bits per heavy atom. The van der Waals surface area contributed by atoms with Gasteiger partial charge in [-0.15, -0.1) is 17.9 Å². The summed E-state index contributed by atoms with van der Waals surface area (Å²) in [5, 5.41) is 4.15. The fraction of sp³-hybridized carbons (Fsp3) is 0.160. The van der Waals surface area contributed by atoms with Crippen molar-refractivity contribution < 1.29 is 4.79 Å². The second-order valence-corrected chi connectivity index (χ2v) is 9.19. The van der Waals surface area contributed by atoms with Crippen molar-refractivity contribution in [2.45, 2.75) is 25.0 Å². The number of hydrogen-bond acceptors (Lipinski definition) is 5. The summed E-state index contributed by atoms with van der Waals surface area (Å²) in [5.74, 6) is -0.0113. The zero-order chi connectivity index (χ0) is 22.5. The molecule has 7 heteroatoms. The van der Waals surface area contributed by atoms with Crippen molar-refractivity contribution in [1.29, 1.82) is 0 Å². The number of para-hydroxylation sites is 1. The predicted octanol–water partition coefficient (Wildman–Crippen LogP) is 5.60. The third-order valence-electron chi connectivity index (χ3n) is 4.95. The Labute approximate surface area is 194 Å². The first-order valence-electron chi connectivity index (χ1n) is 10.3. The van der Waals surface area contributed by atoms with Gasteiger partial charge in [-0.2, -0.15) is 0 Å². The number of benzene rings is 2. The highest BCUT2D eigenvalue weighted by molar-refractivity contribution is 7.99. The molecule has 4 aromatic rings. The second-order valence-electron chi connectivity index (χ2n) is 7.13. The van der Waals surface area contributed by atoms with Crippen molar-refractivity contribution in [2.75, 3.05) is 11.1 Å². The van der Waals surface area contributed by atoms with E-state index in [1.807, 2.05) is 60.7 Å². The largest absolute Gasteiger partial charge is 0.325 e. The smallest absolute Gasteiger partial charge is 0.263 e. The molecule has 1 N–H and O–H groups in total. The number of allylic oxidation sites excluding steroid dienone is 1. The molecule has 0 bridgehead atoms. The summed E-state index contributed by atoms with van der Waals surface area (Å²) in [6, 6.07) is 19.6. The lowest BCUT2D eigenvalue weighted by molar-refractivity contribution is -0.113. The molecule has 4 rings (SSSR count). The van der Waals surface area contributed by atoms with Crippen LogP contribution in [0, 0.1) is 0 Å². The molecule has 0 spiro atoms. The van der Waals surface area contributed by atoms with Crippen LogP contribution in [0.5, 0.6) is 0 Å². The van der Waals surface area contributed by atoms with Crippen LogP contribution in [0.25, 0.3) is 21.3 Å². The molecule has 2 aromatic heterocycles. The number of carbonyl (C=O) groups is 1. The SMILES string of the molecule is C=CCn1c(SCC(=O)Nc2ccccc2-c2ccccc2)nc2sc(CC)cc2c1=O. The van der Waals surface area contributed by atoms with Crippen LogP contribution in [0.2, 0.25) is 0 Å². The number of rotatable bonds is 8. The van der Waals surface area contributed by atoms with Crippen molar-refractivity contribution >= 4 is 44.9 Å². The normalized spacial score (nSPS) is 10.9. The first kappa shape index (κ1) is 22.0. The van der Waals surface area contributed by atoms with E-state index in [4.69, 9.17) is 0 Å². The number of nitrogens with one attached hydrogen (secondary N) is 1. The number of hydrogen-bond donors (Lipinski definition) is 1. The number of aryl methyl sites for hydroxylation is 1. The van der Waals surface area contributed by atoms with Gasteiger partial charge in [0.15, 0.2) is 5.16 Å². The molecule has 162 valence electrons. The molecule has 2 heterocycles. The fourth-order valence-corrected chi connectivity index (χ4v) is 5.22. The third-order valence-corrected chi connectivity index (χ3v) is 7.10. The lowest BCUT2D eigenvalue weighted by atomic mass is 10.0. The Morgan fingerprint density at radius 3 is 2.69 bits per heavy atom. The monoisotopic (exact) mass is 461 g/mol. The standard InChI is InChI=1S/C25H23N3O2S2/c1-3-14-28-24(30)20-15-18(4-2)32-23(20)27-25(28)31-16-22(29)26-21-13-9-8-12-19(21)17-10-6-5-7-11-17/h3,5-13,15H,1,4,14,16H2,2H3,(H,26,29). The van der Waals surface area contributed by atoms with E-state index in [1.54, 1.807) is 10.6 Å². The molecule has 5 nitrogen and oxygen atoms in total. The van der Waals surface area contributed by atoms with Gasteiger partial charge in [-0.05, 0) is 24.1 Å². The minimum Gasteiger partial charge on any atom is -0.325 e. The molecule has 1 amide bonds. The Balaban J connectivity index is 1.56. The van der Waals surface area contributed by atoms with Crippen LogP contribution < -0.4 is 10.9 Å². The first-order valence-corrected chi connectivity index (χ1v) is 12.1. The quantitative estimate of drug-likeness (QED) is 0.211. The van der Waals surface area contributed by atoms with Gasteiger partial charge in [-0.25, -0.2) is 4.98 Å². The number of carbonyl (C=O) groups excluding carboxylic acids is 1. The van der Waals surface area contributed by atoms with Gasteiger partial charge in [0.2, 0.25) is 5.91 Å². The van der Waals surface area contributed by atoms with Gasteiger partial charge in [-0.1, -0.05) is 73.3 Å². The maximum Gasteiger partial charge on any atom is 0.263 e. The summed E-state index contributed by atoms with van der Waals surface area (Å²) < 4.78 is 1.58. The Kier molecular flexibility index (Phi) is 6.87. The number of thiophene rings is 1. The van der Waals surface area contributed by atoms with Gasteiger partial charge in [0.05, 0.1) is 11.1 Å². The highest BCUT2D eigenvalue weighted by Gasteiger charge is 2.15. The van der Waals surface area contributed by atoms with Crippen molar-refractivity contribution in [2.24, 2.45) is 0 Å². The van der Waals surface area contributed by atoms with E-state index in [1.165, 1.54) is 23.1 Å². The molecular weight excluding hydrogens is 438 g/mol. The first-order chi connectivity index (χ1) is 15.6. The second kappa shape index (κ2) is 9.97. The maximum absolute atomic E-state index is 13.0. The molecule has 0 aliphatic heterocycles. The number of amides is 1. The van der Waals surface area contributed by atoms with Crippen LogP contribution in [0.1, 0.15) is 11.8 Å². The van der Waals surface area contributed by atoms with Crippen LogP contribution in [0.3, 0.4) is 0 Å². The van der Waals surface area contributed by atoms with Crippen LogP contribution in [-0.2, 0) is 17.8 Å². The zero-order valence-electron chi connectivity index (χ0n) is 17.7. The van der Waals surface area contributed by atoms with E-state index in [0.29, 0.717) is 21.9 Å². The summed E-state index contributed by atoms with van der Waals surface area (Å²) in [7, 11) is 0. The molecule has 0 radical (unpaired) electrons. The van der Waals surface area contributed by atoms with Gasteiger partial charge in [0.1, 0.15) is 4.83 Å². The molecule has 0 atom stereocenters. The molecule has 0 aliphatic rings. The summed E-state index contributed by atoms with van der Waals surface area (Å²) in [6.45, 7) is 6.16. The fourth-order valence-electron chi connectivity index (χ4n) is 3.40. The molecule has 0 fully saturated rings. The summed E-state index contributed by atoms with van der Waals surface area (Å²) in [4.78, 5) is 32.3. The highest BCUT2D eigenvalue weighted by Crippen LogP contribution is 2.28. The van der Waals surface area contributed by atoms with Crippen LogP contribution in [-0.4, -0.2) is 21.2 Å². The molecule has 0 saturated heterocycles. The third kappa shape index (κ3) is 4.69. The number of fused-ring (bicyclic) bond motifs is 1. The van der Waals surface area contributed by atoms with E-state index in [9.17, 15) is 9.59 Å². The van der Waals surface area contributed by atoms with Gasteiger partial charge in [0.25, 0.3) is 5.56 Å². The molecular formula is C25H23N3O2S2. The van der Waals surface area contributed by atoms with E-state index in [0.717, 1.165) is 28.1 Å². The number of nitrogens with zero attached hydrogens (tertiary/aromatic N) is 2.